The molecule has 2 saturated carbocycles. The van der Waals surface area contributed by atoms with Crippen LogP contribution in [0.5, 0.6) is 0 Å². The van der Waals surface area contributed by atoms with Gasteiger partial charge < -0.3 is 15.3 Å². The number of carbonyl (C=O) groups is 1. The number of hydrogen-bond donors (Lipinski definition) is 3. The molecule has 0 radical (unpaired) electrons. The maximum atomic E-state index is 11.1. The summed E-state index contributed by atoms with van der Waals surface area (Å²) < 4.78 is 0. The quantitative estimate of drug-likeness (QED) is 0.433. The fraction of sp³-hybridized carbons (Fsp3) is 0.750. The molecule has 0 spiro atoms. The molecule has 3 N–H and O–H groups in total. The molecular formula is C24H35NO4S. The molecule has 1 heterocycles. The molecule has 0 aromatic carbocycles. The van der Waals surface area contributed by atoms with Crippen molar-refractivity contribution in [1.29, 1.82) is 5.26 Å². The molecular weight excluding hydrogens is 398 g/mol. The van der Waals surface area contributed by atoms with Crippen LogP contribution in [0.25, 0.3) is 0 Å². The highest BCUT2D eigenvalue weighted by Crippen LogP contribution is 2.48. The number of aliphatic carboxylic acids is 1. The van der Waals surface area contributed by atoms with E-state index in [1.807, 2.05) is 18.2 Å². The smallest absolute Gasteiger partial charge is 0.317 e. The molecule has 3 aliphatic rings. The Bertz CT molecular complexity index is 703. The van der Waals surface area contributed by atoms with Crippen LogP contribution >= 0.6 is 11.8 Å². The number of hydrogen-bond acceptors (Lipinski definition) is 5. The first-order chi connectivity index (χ1) is 14.4. The molecule has 5 nitrogen and oxygen atoms in total. The minimum atomic E-state index is -0.756. The molecule has 2 aliphatic carbocycles. The van der Waals surface area contributed by atoms with Gasteiger partial charge in [0.15, 0.2) is 0 Å². The predicted molar refractivity (Wildman–Crippen MR) is 119 cm³/mol. The van der Waals surface area contributed by atoms with Crippen LogP contribution in [0.15, 0.2) is 23.1 Å². The monoisotopic (exact) mass is 433 g/mol. The number of nitrogens with zero attached hydrogens (tertiary/aromatic N) is 1. The standard InChI is InChI=1S/C24H35NO4S/c1-2-24(12-5-13-24)22(27)9-4-8-19-18(16(15-25)14-20(19)26)7-3-6-17-10-11-21(30-17)23(28)29/h4,8,10,16,18-22,26-27H,2-3,5-7,9,11-14H2,1H3,(H,28,29)/b8-4+/t16?,18-,19?,20+,21?,22?/m0/s1. The van der Waals surface area contributed by atoms with Gasteiger partial charge in [-0.05, 0) is 74.0 Å². The lowest BCUT2D eigenvalue weighted by atomic mass is 9.63. The van der Waals surface area contributed by atoms with Crippen molar-refractivity contribution in [2.75, 3.05) is 0 Å². The molecule has 0 saturated heterocycles. The van der Waals surface area contributed by atoms with Crippen molar-refractivity contribution >= 4 is 17.7 Å². The lowest BCUT2D eigenvalue weighted by molar-refractivity contribution is -0.136. The highest BCUT2D eigenvalue weighted by atomic mass is 32.2. The third kappa shape index (κ3) is 5.12. The number of thioether (sulfide) groups is 1. The Morgan fingerprint density at radius 3 is 2.80 bits per heavy atom. The van der Waals surface area contributed by atoms with Crippen molar-refractivity contribution in [3.8, 4) is 6.07 Å². The van der Waals surface area contributed by atoms with E-state index in [-0.39, 0.29) is 34.5 Å². The van der Waals surface area contributed by atoms with Crippen molar-refractivity contribution in [2.45, 2.75) is 88.6 Å². The number of aliphatic hydroxyl groups excluding tert-OH is 2. The SMILES string of the molecule is CCC1(C(O)C/C=C/C2[C@@H](CCCC3=CCC(C(=O)O)S3)C(C#N)C[C@H]2O)CCC1. The number of rotatable bonds is 10. The summed E-state index contributed by atoms with van der Waals surface area (Å²) in [7, 11) is 0. The van der Waals surface area contributed by atoms with Gasteiger partial charge in [-0.1, -0.05) is 31.6 Å². The van der Waals surface area contributed by atoms with Crippen LogP contribution in [-0.2, 0) is 4.79 Å². The highest BCUT2D eigenvalue weighted by molar-refractivity contribution is 8.04. The van der Waals surface area contributed by atoms with Crippen LogP contribution in [0, 0.1) is 34.5 Å². The minimum Gasteiger partial charge on any atom is -0.480 e. The molecule has 2 fully saturated rings. The number of aliphatic hydroxyl groups is 2. The van der Waals surface area contributed by atoms with Gasteiger partial charge in [-0.3, -0.25) is 4.79 Å². The number of nitriles is 1. The summed E-state index contributed by atoms with van der Waals surface area (Å²) in [6, 6.07) is 2.38. The van der Waals surface area contributed by atoms with Gasteiger partial charge in [0.1, 0.15) is 5.25 Å². The fourth-order valence-corrected chi connectivity index (χ4v) is 6.58. The van der Waals surface area contributed by atoms with E-state index in [9.17, 15) is 20.3 Å². The first kappa shape index (κ1) is 23.4. The molecule has 166 valence electrons. The van der Waals surface area contributed by atoms with Gasteiger partial charge in [-0.15, -0.1) is 11.8 Å². The topological polar surface area (TPSA) is 102 Å². The lowest BCUT2D eigenvalue weighted by Crippen LogP contribution is -2.40. The lowest BCUT2D eigenvalue weighted by Gasteiger charge is -2.45. The summed E-state index contributed by atoms with van der Waals surface area (Å²) in [6.07, 6.45) is 13.9. The molecule has 6 heteroatoms. The van der Waals surface area contributed by atoms with Crippen LogP contribution in [-0.4, -0.2) is 38.7 Å². The first-order valence-corrected chi connectivity index (χ1v) is 12.3. The Morgan fingerprint density at radius 1 is 1.47 bits per heavy atom. The van der Waals surface area contributed by atoms with E-state index in [1.54, 1.807) is 0 Å². The molecule has 1 aliphatic heterocycles. The molecule has 0 aromatic rings. The first-order valence-electron chi connectivity index (χ1n) is 11.4. The number of carboxylic acid groups (broad SMARTS) is 1. The van der Waals surface area contributed by atoms with Crippen molar-refractivity contribution in [3.05, 3.63) is 23.1 Å². The van der Waals surface area contributed by atoms with E-state index in [4.69, 9.17) is 5.11 Å². The summed E-state index contributed by atoms with van der Waals surface area (Å²) >= 11 is 1.44. The van der Waals surface area contributed by atoms with Gasteiger partial charge in [-0.2, -0.15) is 5.26 Å². The van der Waals surface area contributed by atoms with E-state index < -0.39 is 12.1 Å². The Kier molecular flexibility index (Phi) is 8.06. The Morgan fingerprint density at radius 2 is 2.23 bits per heavy atom. The van der Waals surface area contributed by atoms with Crippen molar-refractivity contribution < 1.29 is 20.1 Å². The van der Waals surface area contributed by atoms with Crippen LogP contribution in [0.3, 0.4) is 0 Å². The number of carboxylic acids is 1. The zero-order valence-corrected chi connectivity index (χ0v) is 18.7. The van der Waals surface area contributed by atoms with E-state index in [0.717, 1.165) is 43.4 Å². The Hall–Kier alpha value is -1.29. The molecule has 3 rings (SSSR count). The largest absolute Gasteiger partial charge is 0.480 e. The Labute approximate surface area is 184 Å². The second-order valence-electron chi connectivity index (χ2n) is 9.27. The maximum Gasteiger partial charge on any atom is 0.317 e. The molecule has 0 amide bonds. The van der Waals surface area contributed by atoms with Crippen LogP contribution in [0.2, 0.25) is 0 Å². The molecule has 30 heavy (non-hydrogen) atoms. The second kappa shape index (κ2) is 10.3. The number of allylic oxidation sites excluding steroid dienone is 2. The van der Waals surface area contributed by atoms with Gasteiger partial charge >= 0.3 is 5.97 Å². The van der Waals surface area contributed by atoms with Gasteiger partial charge in [-0.25, -0.2) is 0 Å². The maximum absolute atomic E-state index is 11.1. The predicted octanol–water partition coefficient (Wildman–Crippen LogP) is 4.65. The van der Waals surface area contributed by atoms with Crippen LogP contribution in [0.4, 0.5) is 0 Å². The second-order valence-corrected chi connectivity index (χ2v) is 10.6. The van der Waals surface area contributed by atoms with Gasteiger partial charge in [0.2, 0.25) is 0 Å². The average molecular weight is 434 g/mol. The summed E-state index contributed by atoms with van der Waals surface area (Å²) in [4.78, 5) is 12.2. The third-order valence-corrected chi connectivity index (χ3v) is 9.04. The van der Waals surface area contributed by atoms with E-state index in [2.05, 4.69) is 13.0 Å². The molecule has 0 bridgehead atoms. The summed E-state index contributed by atoms with van der Waals surface area (Å²) in [5.41, 5.74) is 0.0771. The van der Waals surface area contributed by atoms with E-state index in [0.29, 0.717) is 19.3 Å². The van der Waals surface area contributed by atoms with Gasteiger partial charge in [0.05, 0.1) is 24.2 Å². The molecule has 0 aromatic heterocycles. The minimum absolute atomic E-state index is 0.0437. The van der Waals surface area contributed by atoms with Crippen LogP contribution < -0.4 is 0 Å². The third-order valence-electron chi connectivity index (χ3n) is 7.68. The normalized spacial score (nSPS) is 33.8. The molecule has 6 atom stereocenters. The van der Waals surface area contributed by atoms with Gasteiger partial charge in [0, 0.05) is 5.92 Å². The summed E-state index contributed by atoms with van der Waals surface area (Å²) in [5, 5.41) is 39.5. The molecule has 4 unspecified atom stereocenters. The van der Waals surface area contributed by atoms with Crippen LogP contribution in [0.1, 0.15) is 71.1 Å². The zero-order chi connectivity index (χ0) is 21.7. The van der Waals surface area contributed by atoms with E-state index in [1.165, 1.54) is 18.2 Å². The van der Waals surface area contributed by atoms with E-state index >= 15 is 0 Å². The summed E-state index contributed by atoms with van der Waals surface area (Å²) in [6.45, 7) is 2.15. The Balaban J connectivity index is 1.52. The summed E-state index contributed by atoms with van der Waals surface area (Å²) in [5.74, 6) is -0.832. The van der Waals surface area contributed by atoms with Crippen molar-refractivity contribution in [1.82, 2.24) is 0 Å². The van der Waals surface area contributed by atoms with Crippen molar-refractivity contribution in [3.63, 3.8) is 0 Å². The zero-order valence-electron chi connectivity index (χ0n) is 17.9. The fourth-order valence-electron chi connectivity index (χ4n) is 5.47. The average Bonchev–Trinajstić information content (AvgIpc) is 3.27. The van der Waals surface area contributed by atoms with Gasteiger partial charge in [0.25, 0.3) is 0 Å². The van der Waals surface area contributed by atoms with Crippen molar-refractivity contribution in [2.24, 2.45) is 23.2 Å². The highest BCUT2D eigenvalue weighted by Gasteiger charge is 2.42.